The zero-order chi connectivity index (χ0) is 19.8. The summed E-state index contributed by atoms with van der Waals surface area (Å²) in [5.74, 6) is 0.00325. The smallest absolute Gasteiger partial charge is 0.317 e. The number of piperazine rings is 1. The third-order valence-corrected chi connectivity index (χ3v) is 5.03. The van der Waals surface area contributed by atoms with Crippen molar-refractivity contribution in [3.63, 3.8) is 0 Å². The second kappa shape index (κ2) is 10.3. The van der Waals surface area contributed by atoms with Crippen LogP contribution in [0, 0.1) is 0 Å². The molecule has 0 amide bonds. The number of aliphatic imine (C=N–C) groups is 1. The van der Waals surface area contributed by atoms with Gasteiger partial charge >= 0.3 is 5.97 Å². The molecule has 1 aliphatic rings. The lowest BCUT2D eigenvalue weighted by Gasteiger charge is -2.33. The van der Waals surface area contributed by atoms with Crippen LogP contribution in [0.5, 0.6) is 5.75 Å². The quantitative estimate of drug-likeness (QED) is 0.594. The van der Waals surface area contributed by atoms with E-state index in [1.165, 1.54) is 17.3 Å². The molecule has 1 heterocycles. The van der Waals surface area contributed by atoms with Crippen molar-refractivity contribution >= 4 is 28.6 Å². The van der Waals surface area contributed by atoms with Gasteiger partial charge in [0, 0.05) is 32.7 Å². The molecule has 2 aromatic rings. The fraction of sp³-hybridized carbons (Fsp3) is 0.333. The molecule has 0 unspecified atom stereocenters. The van der Waals surface area contributed by atoms with E-state index < -0.39 is 5.97 Å². The van der Waals surface area contributed by atoms with Crippen molar-refractivity contribution in [2.45, 2.75) is 6.54 Å². The first kappa shape index (κ1) is 20.4. The van der Waals surface area contributed by atoms with Gasteiger partial charge in [-0.05, 0) is 36.1 Å². The molecule has 7 heteroatoms. The Morgan fingerprint density at radius 1 is 1.04 bits per heavy atom. The number of para-hydroxylation sites is 1. The normalized spacial score (nSPS) is 16.1. The van der Waals surface area contributed by atoms with Gasteiger partial charge in [-0.3, -0.25) is 14.6 Å². The van der Waals surface area contributed by atoms with Gasteiger partial charge in [-0.15, -0.1) is 0 Å². The first-order valence-electron chi connectivity index (χ1n) is 9.23. The predicted molar refractivity (Wildman–Crippen MR) is 113 cm³/mol. The van der Waals surface area contributed by atoms with Crippen LogP contribution in [-0.2, 0) is 11.3 Å². The van der Waals surface area contributed by atoms with Crippen LogP contribution in [-0.4, -0.2) is 65.1 Å². The molecule has 3 rings (SSSR count). The van der Waals surface area contributed by atoms with Crippen LogP contribution < -0.4 is 4.74 Å². The Balaban J connectivity index is 1.52. The third kappa shape index (κ3) is 6.37. The largest absolute Gasteiger partial charge is 0.480 e. The van der Waals surface area contributed by atoms with E-state index in [1.54, 1.807) is 0 Å². The maximum atomic E-state index is 10.8. The average molecular weight is 400 g/mol. The molecule has 0 radical (unpaired) electrons. The van der Waals surface area contributed by atoms with Crippen LogP contribution in [0.4, 0.5) is 5.69 Å². The SMILES string of the molecule is CSC(=Nc1ccccc1)Oc1ccc(CN2CCN(CC(=O)O)CC2)cc1. The van der Waals surface area contributed by atoms with Gasteiger partial charge in [-0.25, -0.2) is 4.99 Å². The van der Waals surface area contributed by atoms with E-state index in [0.29, 0.717) is 5.23 Å². The minimum absolute atomic E-state index is 0.127. The van der Waals surface area contributed by atoms with Crippen molar-refractivity contribution < 1.29 is 14.6 Å². The Morgan fingerprint density at radius 2 is 1.68 bits per heavy atom. The molecule has 1 aliphatic heterocycles. The summed E-state index contributed by atoms with van der Waals surface area (Å²) >= 11 is 1.47. The molecular formula is C21H25N3O3S. The van der Waals surface area contributed by atoms with Gasteiger partial charge in [0.25, 0.3) is 5.23 Å². The highest BCUT2D eigenvalue weighted by molar-refractivity contribution is 8.13. The Hall–Kier alpha value is -2.35. The summed E-state index contributed by atoms with van der Waals surface area (Å²) < 4.78 is 5.90. The molecule has 1 N–H and O–H groups in total. The summed E-state index contributed by atoms with van der Waals surface area (Å²) in [6.45, 7) is 4.33. The monoisotopic (exact) mass is 399 g/mol. The van der Waals surface area contributed by atoms with Crippen LogP contribution in [0.1, 0.15) is 5.56 Å². The van der Waals surface area contributed by atoms with Gasteiger partial charge in [-0.2, -0.15) is 0 Å². The number of rotatable bonds is 6. The molecule has 1 saturated heterocycles. The first-order chi connectivity index (χ1) is 13.6. The lowest BCUT2D eigenvalue weighted by Crippen LogP contribution is -2.47. The molecule has 0 aromatic heterocycles. The molecule has 0 bridgehead atoms. The summed E-state index contributed by atoms with van der Waals surface area (Å²) in [6, 6.07) is 17.8. The van der Waals surface area contributed by atoms with Crippen LogP contribution in [0.15, 0.2) is 59.6 Å². The maximum Gasteiger partial charge on any atom is 0.317 e. The number of carboxylic acid groups (broad SMARTS) is 1. The highest BCUT2D eigenvalue weighted by atomic mass is 32.2. The van der Waals surface area contributed by atoms with Crippen LogP contribution >= 0.6 is 11.8 Å². The highest BCUT2D eigenvalue weighted by Crippen LogP contribution is 2.19. The van der Waals surface area contributed by atoms with E-state index in [-0.39, 0.29) is 6.54 Å². The summed E-state index contributed by atoms with van der Waals surface area (Å²) in [7, 11) is 0. The molecule has 0 aliphatic carbocycles. The first-order valence-corrected chi connectivity index (χ1v) is 10.5. The Kier molecular flexibility index (Phi) is 7.47. The number of carbonyl (C=O) groups is 1. The van der Waals surface area contributed by atoms with E-state index >= 15 is 0 Å². The molecule has 0 spiro atoms. The van der Waals surface area contributed by atoms with Gasteiger partial charge in [-0.1, -0.05) is 42.1 Å². The fourth-order valence-electron chi connectivity index (χ4n) is 3.04. The van der Waals surface area contributed by atoms with Crippen LogP contribution in [0.25, 0.3) is 0 Å². The number of nitrogens with zero attached hydrogens (tertiary/aromatic N) is 3. The zero-order valence-corrected chi connectivity index (χ0v) is 16.8. The molecule has 28 heavy (non-hydrogen) atoms. The summed E-state index contributed by atoms with van der Waals surface area (Å²) in [4.78, 5) is 19.6. The summed E-state index contributed by atoms with van der Waals surface area (Å²) in [5, 5.41) is 9.48. The lowest BCUT2D eigenvalue weighted by atomic mass is 10.2. The van der Waals surface area contributed by atoms with Gasteiger partial charge in [0.2, 0.25) is 0 Å². The van der Waals surface area contributed by atoms with E-state index in [2.05, 4.69) is 22.0 Å². The fourth-order valence-corrected chi connectivity index (χ4v) is 3.41. The summed E-state index contributed by atoms with van der Waals surface area (Å²) in [5.41, 5.74) is 2.08. The molecule has 0 atom stereocenters. The highest BCUT2D eigenvalue weighted by Gasteiger charge is 2.18. The van der Waals surface area contributed by atoms with Crippen molar-refractivity contribution in [2.24, 2.45) is 4.99 Å². The van der Waals surface area contributed by atoms with E-state index in [9.17, 15) is 4.79 Å². The van der Waals surface area contributed by atoms with Crippen molar-refractivity contribution in [2.75, 3.05) is 39.0 Å². The second-order valence-corrected chi connectivity index (χ2v) is 7.37. The number of benzene rings is 2. The average Bonchev–Trinajstić information content (AvgIpc) is 2.71. The molecular weight excluding hydrogens is 374 g/mol. The standard InChI is InChI=1S/C21H25N3O3S/c1-28-21(22-18-5-3-2-4-6-18)27-19-9-7-17(8-10-19)15-23-11-13-24(14-12-23)16-20(25)26/h2-10H,11-16H2,1H3,(H,25,26). The van der Waals surface area contributed by atoms with Gasteiger partial charge in [0.1, 0.15) is 5.75 Å². The maximum absolute atomic E-state index is 10.8. The minimum Gasteiger partial charge on any atom is -0.480 e. The topological polar surface area (TPSA) is 65.4 Å². The Morgan fingerprint density at radius 3 is 2.29 bits per heavy atom. The number of hydrogen-bond acceptors (Lipinski definition) is 6. The lowest BCUT2D eigenvalue weighted by molar-refractivity contribution is -0.138. The van der Waals surface area contributed by atoms with E-state index in [4.69, 9.17) is 9.84 Å². The molecule has 2 aromatic carbocycles. The number of carboxylic acids is 1. The predicted octanol–water partition coefficient (Wildman–Crippen LogP) is 3.32. The minimum atomic E-state index is -0.760. The van der Waals surface area contributed by atoms with Crippen LogP contribution in [0.2, 0.25) is 0 Å². The van der Waals surface area contributed by atoms with Gasteiger partial charge < -0.3 is 9.84 Å². The number of hydrogen-bond donors (Lipinski definition) is 1. The summed E-state index contributed by atoms with van der Waals surface area (Å²) in [6.07, 6.45) is 1.94. The molecule has 148 valence electrons. The molecule has 1 fully saturated rings. The Labute approximate surface area is 169 Å². The number of thioether (sulfide) groups is 1. The van der Waals surface area contributed by atoms with Crippen LogP contribution in [0.3, 0.4) is 0 Å². The van der Waals surface area contributed by atoms with E-state index in [0.717, 1.165) is 44.2 Å². The number of aliphatic carboxylic acids is 1. The van der Waals surface area contributed by atoms with Gasteiger partial charge in [0.05, 0.1) is 12.2 Å². The molecule has 6 nitrogen and oxygen atoms in total. The third-order valence-electron chi connectivity index (χ3n) is 4.51. The van der Waals surface area contributed by atoms with E-state index in [1.807, 2.05) is 53.6 Å². The second-order valence-electron chi connectivity index (χ2n) is 6.61. The molecule has 0 saturated carbocycles. The van der Waals surface area contributed by atoms with Gasteiger partial charge in [0.15, 0.2) is 0 Å². The van der Waals surface area contributed by atoms with Crippen molar-refractivity contribution in [3.05, 3.63) is 60.2 Å². The van der Waals surface area contributed by atoms with Crippen molar-refractivity contribution in [1.82, 2.24) is 9.80 Å². The zero-order valence-electron chi connectivity index (χ0n) is 16.0. The van der Waals surface area contributed by atoms with Crippen molar-refractivity contribution in [1.29, 1.82) is 0 Å². The number of ether oxygens (including phenoxy) is 1. The van der Waals surface area contributed by atoms with Crippen molar-refractivity contribution in [3.8, 4) is 5.75 Å². The Bertz CT molecular complexity index is 788.